The minimum Gasteiger partial charge on any atom is -0.497 e. The molecule has 1 heterocycles. The van der Waals surface area contributed by atoms with Gasteiger partial charge in [0.15, 0.2) is 0 Å². The Hall–Kier alpha value is -2.34. The van der Waals surface area contributed by atoms with Crippen LogP contribution in [0.2, 0.25) is 0 Å². The zero-order valence-corrected chi connectivity index (χ0v) is 14.4. The Morgan fingerprint density at radius 2 is 2.13 bits per heavy atom. The number of amides is 1. The fraction of sp³-hybridized carbons (Fsp3) is 0.294. The van der Waals surface area contributed by atoms with Crippen molar-refractivity contribution in [1.29, 1.82) is 0 Å². The number of ether oxygens (including phenoxy) is 2. The van der Waals surface area contributed by atoms with Gasteiger partial charge >= 0.3 is 0 Å². The summed E-state index contributed by atoms with van der Waals surface area (Å²) >= 11 is 1.54. The van der Waals surface area contributed by atoms with Gasteiger partial charge in [-0.3, -0.25) is 4.79 Å². The van der Waals surface area contributed by atoms with Crippen LogP contribution < -0.4 is 14.8 Å². The summed E-state index contributed by atoms with van der Waals surface area (Å²) in [6.07, 6.45) is 5.02. The minimum atomic E-state index is -0.184. The summed E-state index contributed by atoms with van der Waals surface area (Å²) in [5.41, 5.74) is 0.892. The summed E-state index contributed by atoms with van der Waals surface area (Å²) in [7, 11) is 3.20. The molecule has 23 heavy (non-hydrogen) atoms. The van der Waals surface area contributed by atoms with Crippen molar-refractivity contribution in [3.05, 3.63) is 45.9 Å². The molecule has 1 amide bonds. The average molecular weight is 332 g/mol. The first-order valence-electron chi connectivity index (χ1n) is 7.16. The smallest absolute Gasteiger partial charge is 0.244 e. The monoisotopic (exact) mass is 332 g/mol. The number of carbonyl (C=O) groups is 1. The molecule has 1 aromatic carbocycles. The molecule has 0 saturated heterocycles. The second-order valence-electron chi connectivity index (χ2n) is 4.95. The van der Waals surface area contributed by atoms with E-state index in [2.05, 4.69) is 10.3 Å². The van der Waals surface area contributed by atoms with Gasteiger partial charge in [0, 0.05) is 28.8 Å². The van der Waals surface area contributed by atoms with E-state index < -0.39 is 0 Å². The maximum atomic E-state index is 12.1. The molecule has 0 unspecified atom stereocenters. The highest BCUT2D eigenvalue weighted by molar-refractivity contribution is 7.12. The van der Waals surface area contributed by atoms with Crippen molar-refractivity contribution >= 4 is 23.3 Å². The number of hydrogen-bond acceptors (Lipinski definition) is 5. The number of aromatic nitrogens is 1. The van der Waals surface area contributed by atoms with E-state index in [0.29, 0.717) is 11.5 Å². The lowest BCUT2D eigenvalue weighted by molar-refractivity contribution is -0.117. The van der Waals surface area contributed by atoms with Gasteiger partial charge in [-0.1, -0.05) is 0 Å². The Labute approximate surface area is 140 Å². The van der Waals surface area contributed by atoms with Crippen molar-refractivity contribution < 1.29 is 14.3 Å². The van der Waals surface area contributed by atoms with Gasteiger partial charge in [0.25, 0.3) is 0 Å². The summed E-state index contributed by atoms with van der Waals surface area (Å²) in [5, 5.41) is 3.90. The second kappa shape index (κ2) is 7.78. The number of benzene rings is 1. The standard InChI is InChI=1S/C17H20N2O3S/c1-11(15-7-5-13(21-3)9-16(15)22-4)19-17(20)8-6-14-10-18-12(2)23-14/h5-11H,1-4H3,(H,19,20)/b8-6+/t11-/m0/s1. The topological polar surface area (TPSA) is 60.5 Å². The van der Waals surface area contributed by atoms with Gasteiger partial charge < -0.3 is 14.8 Å². The van der Waals surface area contributed by atoms with E-state index in [-0.39, 0.29) is 11.9 Å². The predicted molar refractivity (Wildman–Crippen MR) is 92.0 cm³/mol. The molecule has 1 atom stereocenters. The fourth-order valence-electron chi connectivity index (χ4n) is 2.13. The molecule has 1 N–H and O–H groups in total. The lowest BCUT2D eigenvalue weighted by atomic mass is 10.1. The van der Waals surface area contributed by atoms with E-state index in [0.717, 1.165) is 15.4 Å². The molecule has 0 radical (unpaired) electrons. The summed E-state index contributed by atoms with van der Waals surface area (Å²) in [5.74, 6) is 1.23. The number of carbonyl (C=O) groups excluding carboxylic acids is 1. The molecule has 0 aliphatic carbocycles. The Morgan fingerprint density at radius 3 is 2.74 bits per heavy atom. The van der Waals surface area contributed by atoms with Gasteiger partial charge in [0.1, 0.15) is 11.5 Å². The summed E-state index contributed by atoms with van der Waals surface area (Å²) in [4.78, 5) is 17.2. The van der Waals surface area contributed by atoms with E-state index in [9.17, 15) is 4.79 Å². The van der Waals surface area contributed by atoms with Crippen LogP contribution in [0.5, 0.6) is 11.5 Å². The van der Waals surface area contributed by atoms with Crippen LogP contribution in [-0.4, -0.2) is 25.1 Å². The minimum absolute atomic E-state index is 0.165. The van der Waals surface area contributed by atoms with E-state index in [1.54, 1.807) is 43.9 Å². The highest BCUT2D eigenvalue weighted by Crippen LogP contribution is 2.29. The van der Waals surface area contributed by atoms with E-state index in [4.69, 9.17) is 9.47 Å². The first kappa shape index (κ1) is 17.0. The Morgan fingerprint density at radius 1 is 1.35 bits per heavy atom. The number of nitrogens with one attached hydrogen (secondary N) is 1. The van der Waals surface area contributed by atoms with Gasteiger partial charge in [-0.05, 0) is 32.1 Å². The number of aryl methyl sites for hydroxylation is 1. The van der Waals surface area contributed by atoms with Crippen molar-refractivity contribution in [3.63, 3.8) is 0 Å². The first-order chi connectivity index (χ1) is 11.0. The molecule has 122 valence electrons. The van der Waals surface area contributed by atoms with Crippen molar-refractivity contribution in [3.8, 4) is 11.5 Å². The van der Waals surface area contributed by atoms with Gasteiger partial charge in [0.2, 0.25) is 5.91 Å². The fourth-order valence-corrected chi connectivity index (χ4v) is 2.82. The highest BCUT2D eigenvalue weighted by atomic mass is 32.1. The zero-order valence-electron chi connectivity index (χ0n) is 13.6. The normalized spacial score (nSPS) is 12.2. The van der Waals surface area contributed by atoms with Gasteiger partial charge in [-0.25, -0.2) is 4.98 Å². The molecule has 0 bridgehead atoms. The largest absolute Gasteiger partial charge is 0.497 e. The Balaban J connectivity index is 2.04. The summed E-state index contributed by atoms with van der Waals surface area (Å²) in [6.45, 7) is 3.84. The van der Waals surface area contributed by atoms with Crippen molar-refractivity contribution in [2.24, 2.45) is 0 Å². The highest BCUT2D eigenvalue weighted by Gasteiger charge is 2.13. The molecule has 0 fully saturated rings. The van der Waals surface area contributed by atoms with Crippen LogP contribution in [0, 0.1) is 6.92 Å². The van der Waals surface area contributed by atoms with Crippen molar-refractivity contribution in [1.82, 2.24) is 10.3 Å². The van der Waals surface area contributed by atoms with Gasteiger partial charge in [-0.2, -0.15) is 0 Å². The molecule has 0 aliphatic heterocycles. The van der Waals surface area contributed by atoms with E-state index in [1.165, 1.54) is 6.08 Å². The maximum absolute atomic E-state index is 12.1. The maximum Gasteiger partial charge on any atom is 0.244 e. The number of rotatable bonds is 6. The second-order valence-corrected chi connectivity index (χ2v) is 6.22. The number of thiazole rings is 1. The molecule has 2 rings (SSSR count). The van der Waals surface area contributed by atoms with E-state index in [1.807, 2.05) is 26.0 Å². The Kier molecular flexibility index (Phi) is 5.76. The molecular weight excluding hydrogens is 312 g/mol. The quantitative estimate of drug-likeness (QED) is 0.824. The molecular formula is C17H20N2O3S. The van der Waals surface area contributed by atoms with Crippen LogP contribution in [0.4, 0.5) is 0 Å². The van der Waals surface area contributed by atoms with E-state index >= 15 is 0 Å². The molecule has 2 aromatic rings. The first-order valence-corrected chi connectivity index (χ1v) is 7.98. The number of hydrogen-bond donors (Lipinski definition) is 1. The number of nitrogens with zero attached hydrogens (tertiary/aromatic N) is 1. The van der Waals surface area contributed by atoms with Crippen LogP contribution in [0.25, 0.3) is 6.08 Å². The van der Waals surface area contributed by atoms with Gasteiger partial charge in [-0.15, -0.1) is 11.3 Å². The van der Waals surface area contributed by atoms with Crippen LogP contribution in [0.3, 0.4) is 0 Å². The van der Waals surface area contributed by atoms with Crippen molar-refractivity contribution in [2.45, 2.75) is 19.9 Å². The Bertz CT molecular complexity index is 710. The molecule has 5 nitrogen and oxygen atoms in total. The summed E-state index contributed by atoms with van der Waals surface area (Å²) in [6, 6.07) is 5.35. The van der Waals surface area contributed by atoms with Crippen molar-refractivity contribution in [2.75, 3.05) is 14.2 Å². The molecule has 0 aliphatic rings. The third kappa shape index (κ3) is 4.56. The van der Waals surface area contributed by atoms with Crippen LogP contribution in [0.15, 0.2) is 30.5 Å². The van der Waals surface area contributed by atoms with Crippen LogP contribution in [-0.2, 0) is 4.79 Å². The molecule has 1 aromatic heterocycles. The number of methoxy groups -OCH3 is 2. The van der Waals surface area contributed by atoms with Crippen LogP contribution >= 0.6 is 11.3 Å². The molecule has 6 heteroatoms. The molecule has 0 saturated carbocycles. The zero-order chi connectivity index (χ0) is 16.8. The molecule has 0 spiro atoms. The van der Waals surface area contributed by atoms with Gasteiger partial charge in [0.05, 0.1) is 25.3 Å². The predicted octanol–water partition coefficient (Wildman–Crippen LogP) is 3.36. The lowest BCUT2D eigenvalue weighted by Crippen LogP contribution is -2.25. The van der Waals surface area contributed by atoms with Crippen LogP contribution in [0.1, 0.15) is 28.4 Å². The summed E-state index contributed by atoms with van der Waals surface area (Å²) < 4.78 is 10.5. The third-order valence-electron chi connectivity index (χ3n) is 3.30. The average Bonchev–Trinajstić information content (AvgIpc) is 2.97. The SMILES string of the molecule is COc1ccc([C@H](C)NC(=O)/C=C/c2cnc(C)s2)c(OC)c1. The third-order valence-corrected chi connectivity index (χ3v) is 4.18. The lowest BCUT2D eigenvalue weighted by Gasteiger charge is -2.17.